The number of nitro groups is 1. The summed E-state index contributed by atoms with van der Waals surface area (Å²) < 4.78 is 7.08. The Balaban J connectivity index is 2.88. The van der Waals surface area contributed by atoms with Crippen LogP contribution in [-0.4, -0.2) is 26.4 Å². The zero-order chi connectivity index (χ0) is 19.4. The molecule has 1 aromatic rings. The molecule has 8 heteroatoms. The quantitative estimate of drug-likeness (QED) is 0.198. The van der Waals surface area contributed by atoms with Gasteiger partial charge in [-0.1, -0.05) is 53.1 Å². The van der Waals surface area contributed by atoms with Crippen LogP contribution in [0.25, 0.3) is 0 Å². The third-order valence-corrected chi connectivity index (χ3v) is 12.1. The number of hydrogen-bond acceptors (Lipinski definition) is 4. The lowest BCUT2D eigenvalue weighted by molar-refractivity contribution is -0.384. The summed E-state index contributed by atoms with van der Waals surface area (Å²) in [6.45, 7) is 14.4. The zero-order valence-electron chi connectivity index (χ0n) is 15.7. The Kier molecular flexibility index (Phi) is 8.38. The number of nitrogens with zero attached hydrogens (tertiary/aromatic N) is 1. The highest BCUT2D eigenvalue weighted by molar-refractivity contribution is 9.10. The monoisotopic (exact) mass is 450 g/mol. The minimum absolute atomic E-state index is 0.0340. The largest absolute Gasteiger partial charge is 0.414 e. The van der Waals surface area contributed by atoms with Crippen molar-refractivity contribution in [1.29, 1.82) is 0 Å². The van der Waals surface area contributed by atoms with E-state index in [0.29, 0.717) is 45.0 Å². The van der Waals surface area contributed by atoms with Crippen molar-refractivity contribution in [3.63, 3.8) is 0 Å². The number of hydrogen-bond donors (Lipinski definition) is 1. The Bertz CT molecular complexity index is 590. The fourth-order valence-electron chi connectivity index (χ4n) is 3.76. The molecule has 0 saturated heterocycles. The van der Waals surface area contributed by atoms with Crippen LogP contribution in [0.1, 0.15) is 41.5 Å². The van der Waals surface area contributed by atoms with Crippen LogP contribution in [0.2, 0.25) is 21.6 Å². The third-order valence-electron chi connectivity index (χ3n) is 4.73. The van der Waals surface area contributed by atoms with Crippen LogP contribution in [0.4, 0.5) is 11.4 Å². The predicted octanol–water partition coefficient (Wildman–Crippen LogP) is 6.61. The van der Waals surface area contributed by atoms with Gasteiger partial charge in [0, 0.05) is 17.1 Å². The highest BCUT2D eigenvalue weighted by Crippen LogP contribution is 2.42. The van der Waals surface area contributed by atoms with Crippen molar-refractivity contribution in [3.8, 4) is 0 Å². The molecule has 1 N–H and O–H groups in total. The molecule has 0 unspecified atom stereocenters. The molecule has 0 aliphatic heterocycles. The normalized spacial score (nSPS) is 12.3. The average molecular weight is 452 g/mol. The van der Waals surface area contributed by atoms with E-state index in [4.69, 9.17) is 16.0 Å². The van der Waals surface area contributed by atoms with E-state index in [9.17, 15) is 10.1 Å². The van der Waals surface area contributed by atoms with Gasteiger partial charge in [0.15, 0.2) is 8.32 Å². The lowest BCUT2D eigenvalue weighted by Gasteiger charge is -2.42. The Hall–Kier alpha value is -0.633. The smallest absolute Gasteiger partial charge is 0.293 e. The molecule has 142 valence electrons. The van der Waals surface area contributed by atoms with Crippen LogP contribution in [0.3, 0.4) is 0 Å². The molecule has 0 saturated carbocycles. The third kappa shape index (κ3) is 4.96. The summed E-state index contributed by atoms with van der Waals surface area (Å²) in [7, 11) is -1.94. The first kappa shape index (κ1) is 22.4. The molecule has 25 heavy (non-hydrogen) atoms. The molecule has 0 aliphatic carbocycles. The van der Waals surface area contributed by atoms with Crippen LogP contribution >= 0.6 is 27.5 Å². The van der Waals surface area contributed by atoms with Crippen LogP contribution in [0.5, 0.6) is 0 Å². The molecule has 0 fully saturated rings. The van der Waals surface area contributed by atoms with Gasteiger partial charge in [-0.15, -0.1) is 0 Å². The van der Waals surface area contributed by atoms with Gasteiger partial charge in [0.25, 0.3) is 5.69 Å². The van der Waals surface area contributed by atoms with E-state index in [1.54, 1.807) is 6.07 Å². The molecule has 5 nitrogen and oxygen atoms in total. The van der Waals surface area contributed by atoms with Crippen LogP contribution in [0, 0.1) is 10.1 Å². The molecular weight excluding hydrogens is 424 g/mol. The zero-order valence-corrected chi connectivity index (χ0v) is 19.1. The fourth-order valence-corrected chi connectivity index (χ4v) is 9.78. The van der Waals surface area contributed by atoms with Crippen molar-refractivity contribution in [1.82, 2.24) is 0 Å². The summed E-state index contributed by atoms with van der Waals surface area (Å²) in [6.07, 6.45) is 0. The predicted molar refractivity (Wildman–Crippen MR) is 111 cm³/mol. The first-order valence-corrected chi connectivity index (χ1v) is 11.9. The maximum absolute atomic E-state index is 11.2. The molecule has 0 heterocycles. The Morgan fingerprint density at radius 3 is 2.16 bits per heavy atom. The highest BCUT2D eigenvalue weighted by Gasteiger charge is 2.44. The van der Waals surface area contributed by atoms with E-state index in [1.807, 2.05) is 0 Å². The number of anilines is 1. The second kappa shape index (κ2) is 9.35. The molecule has 0 amide bonds. The second-order valence-corrected chi connectivity index (χ2v) is 13.8. The molecule has 0 radical (unpaired) electrons. The molecule has 0 aliphatic rings. The number of benzene rings is 1. The molecule has 0 aromatic heterocycles. The summed E-state index contributed by atoms with van der Waals surface area (Å²) in [5, 5.41) is 14.6. The first-order valence-electron chi connectivity index (χ1n) is 8.55. The molecule has 1 aromatic carbocycles. The lowest BCUT2D eigenvalue weighted by Crippen LogP contribution is -2.48. The molecule has 0 bridgehead atoms. The Morgan fingerprint density at radius 2 is 1.72 bits per heavy atom. The second-order valence-electron chi connectivity index (χ2n) is 7.11. The van der Waals surface area contributed by atoms with Gasteiger partial charge in [0.05, 0.1) is 16.6 Å². The van der Waals surface area contributed by atoms with Crippen molar-refractivity contribution >= 4 is 47.2 Å². The van der Waals surface area contributed by atoms with Gasteiger partial charge in [-0.25, -0.2) is 0 Å². The fraction of sp³-hybridized carbons (Fsp3) is 0.647. The van der Waals surface area contributed by atoms with E-state index in [0.717, 1.165) is 0 Å². The number of nitro benzene ring substituents is 1. The van der Waals surface area contributed by atoms with Gasteiger partial charge >= 0.3 is 0 Å². The lowest BCUT2D eigenvalue weighted by atomic mass is 10.2. The van der Waals surface area contributed by atoms with Crippen LogP contribution < -0.4 is 5.32 Å². The van der Waals surface area contributed by atoms with E-state index in [2.05, 4.69) is 62.8 Å². The average Bonchev–Trinajstić information content (AvgIpc) is 2.49. The van der Waals surface area contributed by atoms with E-state index in [1.165, 1.54) is 6.07 Å². The van der Waals surface area contributed by atoms with E-state index in [-0.39, 0.29) is 5.69 Å². The van der Waals surface area contributed by atoms with Crippen molar-refractivity contribution < 1.29 is 9.35 Å². The maximum Gasteiger partial charge on any atom is 0.293 e. The van der Waals surface area contributed by atoms with Gasteiger partial charge < -0.3 is 9.74 Å². The molecule has 0 spiro atoms. The highest BCUT2D eigenvalue weighted by atomic mass is 79.9. The molecule has 0 atom stereocenters. The van der Waals surface area contributed by atoms with Crippen molar-refractivity contribution in [2.24, 2.45) is 0 Å². The Morgan fingerprint density at radius 1 is 1.20 bits per heavy atom. The first-order chi connectivity index (χ1) is 11.6. The van der Waals surface area contributed by atoms with Gasteiger partial charge in [0.2, 0.25) is 0 Å². The van der Waals surface area contributed by atoms with Gasteiger partial charge in [-0.3, -0.25) is 10.1 Å². The standard InChI is InChI=1S/C17H28BrClN2O3Si/c1-11(2)25(12(3)4,13(5)6)24-10-9-20-17-15(21(22)23)8-7-14(18)16(17)19/h7-8,11-13,20H,9-10H2,1-6H3. The minimum Gasteiger partial charge on any atom is -0.414 e. The SMILES string of the molecule is CC(C)[Si](OCCNc1c([N+](=O)[O-])ccc(Br)c1Cl)(C(C)C)C(C)C. The van der Waals surface area contributed by atoms with Gasteiger partial charge in [-0.2, -0.15) is 0 Å². The van der Waals surface area contributed by atoms with Crippen molar-refractivity contribution in [2.75, 3.05) is 18.5 Å². The van der Waals surface area contributed by atoms with Crippen LogP contribution in [-0.2, 0) is 4.43 Å². The number of rotatable bonds is 9. The number of nitrogens with one attached hydrogen (secondary N) is 1. The number of halogens is 2. The van der Waals surface area contributed by atoms with E-state index < -0.39 is 13.2 Å². The topological polar surface area (TPSA) is 64.4 Å². The van der Waals surface area contributed by atoms with E-state index >= 15 is 0 Å². The van der Waals surface area contributed by atoms with Crippen LogP contribution in [0.15, 0.2) is 16.6 Å². The maximum atomic E-state index is 11.2. The minimum atomic E-state index is -1.94. The van der Waals surface area contributed by atoms with Gasteiger partial charge in [-0.05, 0) is 38.6 Å². The summed E-state index contributed by atoms with van der Waals surface area (Å²) in [5.41, 5.74) is 1.78. The van der Waals surface area contributed by atoms with Gasteiger partial charge in [0.1, 0.15) is 5.69 Å². The summed E-state index contributed by atoms with van der Waals surface area (Å²) >= 11 is 9.53. The van der Waals surface area contributed by atoms with Crippen molar-refractivity contribution in [3.05, 3.63) is 31.7 Å². The molecule has 1 rings (SSSR count). The molecular formula is C17H28BrClN2O3Si. The summed E-state index contributed by atoms with van der Waals surface area (Å²) in [4.78, 5) is 10.8. The summed E-state index contributed by atoms with van der Waals surface area (Å²) in [5.74, 6) is 0. The summed E-state index contributed by atoms with van der Waals surface area (Å²) in [6, 6.07) is 3.02. The van der Waals surface area contributed by atoms with Crippen molar-refractivity contribution in [2.45, 2.75) is 58.2 Å². The Labute approximate surface area is 164 Å².